The molecule has 252 valence electrons. The Morgan fingerprint density at radius 3 is 2.27 bits per heavy atom. The highest BCUT2D eigenvalue weighted by molar-refractivity contribution is 6.33. The van der Waals surface area contributed by atoms with E-state index in [1.165, 1.54) is 0 Å². The highest BCUT2D eigenvalue weighted by Crippen LogP contribution is 2.30. The van der Waals surface area contributed by atoms with Crippen LogP contribution in [-0.2, 0) is 16.0 Å². The normalized spacial score (nSPS) is 16.7. The number of aromatic nitrogens is 2. The summed E-state index contributed by atoms with van der Waals surface area (Å²) in [4.78, 5) is 67.4. The predicted octanol–water partition coefficient (Wildman–Crippen LogP) is 5.05. The molecule has 0 radical (unpaired) electrons. The Kier molecular flexibility index (Phi) is 10.8. The van der Waals surface area contributed by atoms with Gasteiger partial charge in [-0.25, -0.2) is 9.59 Å². The monoisotopic (exact) mass is 674 g/mol. The van der Waals surface area contributed by atoms with Crippen LogP contribution < -0.4 is 27.0 Å². The van der Waals surface area contributed by atoms with Gasteiger partial charge in [-0.05, 0) is 86.9 Å². The number of imidazole rings is 1. The summed E-state index contributed by atoms with van der Waals surface area (Å²) in [6, 6.07) is 16.7. The molecule has 0 spiro atoms. The van der Waals surface area contributed by atoms with E-state index >= 15 is 0 Å². The minimum atomic E-state index is -1.06. The average Bonchev–Trinajstić information content (AvgIpc) is 3.43. The summed E-state index contributed by atoms with van der Waals surface area (Å²) in [5.74, 6) is -0.973. The number of amides is 4. The maximum absolute atomic E-state index is 13.6. The van der Waals surface area contributed by atoms with Crippen LogP contribution in [0.1, 0.15) is 55.5 Å². The molecule has 1 heterocycles. The SMILES string of the molecule is CC(C)NC(=O)c1ccc(-c2ccc(C[C@H](NC(=O)C3CCC(CNC(=O)O)CC3)C(=O)Nc3ccc4[nH]c(=O)[nH]c4c3)cc2)c(Cl)c1. The molecule has 13 heteroatoms. The van der Waals surface area contributed by atoms with Gasteiger partial charge in [0, 0.05) is 46.8 Å². The van der Waals surface area contributed by atoms with Gasteiger partial charge < -0.3 is 36.3 Å². The van der Waals surface area contributed by atoms with Crippen LogP contribution in [0.2, 0.25) is 5.02 Å². The fourth-order valence-corrected chi connectivity index (χ4v) is 6.28. The average molecular weight is 675 g/mol. The van der Waals surface area contributed by atoms with Crippen LogP contribution in [-0.4, -0.2) is 57.5 Å². The standard InChI is InChI=1S/C35H39ClN6O6/c1-19(2)38-32(44)24-11-13-26(27(36)16-24)22-7-3-20(4-8-22)15-30(33(45)39-25-12-14-28-29(17-25)42-34(46)41-28)40-31(43)23-9-5-21(6-10-23)18-37-35(47)48/h3-4,7-8,11-14,16-17,19,21,23,30,37H,5-6,9-10,15,18H2,1-2H3,(H,38,44)(H,39,45)(H,40,43)(H,47,48)(H2,41,42,46)/t21?,23?,30-/m0/s1. The van der Waals surface area contributed by atoms with Crippen LogP contribution in [0.15, 0.2) is 65.5 Å². The highest BCUT2D eigenvalue weighted by atomic mass is 35.5. The summed E-state index contributed by atoms with van der Waals surface area (Å²) in [7, 11) is 0. The Morgan fingerprint density at radius 1 is 0.896 bits per heavy atom. The summed E-state index contributed by atoms with van der Waals surface area (Å²) in [6.07, 6.45) is 1.75. The van der Waals surface area contributed by atoms with Crippen molar-refractivity contribution >= 4 is 52.1 Å². The first-order valence-electron chi connectivity index (χ1n) is 15.9. The second-order valence-electron chi connectivity index (χ2n) is 12.5. The Balaban J connectivity index is 1.30. The summed E-state index contributed by atoms with van der Waals surface area (Å²) in [5.41, 5.74) is 4.09. The highest BCUT2D eigenvalue weighted by Gasteiger charge is 2.30. The number of benzene rings is 3. The lowest BCUT2D eigenvalue weighted by Crippen LogP contribution is -2.48. The summed E-state index contributed by atoms with van der Waals surface area (Å²) < 4.78 is 0. The van der Waals surface area contributed by atoms with Gasteiger partial charge in [0.15, 0.2) is 0 Å². The number of anilines is 1. The van der Waals surface area contributed by atoms with Gasteiger partial charge in [0.1, 0.15) is 6.04 Å². The molecule has 0 unspecified atom stereocenters. The number of aromatic amines is 2. The van der Waals surface area contributed by atoms with E-state index in [9.17, 15) is 24.0 Å². The number of halogens is 1. The molecule has 48 heavy (non-hydrogen) atoms. The lowest BCUT2D eigenvalue weighted by Gasteiger charge is -2.29. The topological polar surface area (TPSA) is 185 Å². The number of carboxylic acid groups (broad SMARTS) is 1. The number of fused-ring (bicyclic) bond motifs is 1. The van der Waals surface area contributed by atoms with Crippen molar-refractivity contribution in [3.63, 3.8) is 0 Å². The van der Waals surface area contributed by atoms with Crippen LogP contribution in [0, 0.1) is 11.8 Å². The molecule has 1 aliphatic rings. The van der Waals surface area contributed by atoms with Gasteiger partial charge in [0.05, 0.1) is 11.0 Å². The third-order valence-electron chi connectivity index (χ3n) is 8.53. The molecule has 4 amide bonds. The molecule has 0 aliphatic heterocycles. The fourth-order valence-electron chi connectivity index (χ4n) is 5.99. The molecule has 5 rings (SSSR count). The predicted molar refractivity (Wildman–Crippen MR) is 184 cm³/mol. The number of hydrogen-bond donors (Lipinski definition) is 7. The maximum Gasteiger partial charge on any atom is 0.404 e. The lowest BCUT2D eigenvalue weighted by atomic mass is 9.81. The van der Waals surface area contributed by atoms with Crippen LogP contribution in [0.25, 0.3) is 22.2 Å². The molecular formula is C35H39ClN6O6. The molecule has 0 saturated heterocycles. The van der Waals surface area contributed by atoms with Gasteiger partial charge >= 0.3 is 11.8 Å². The van der Waals surface area contributed by atoms with Crippen molar-refractivity contribution < 1.29 is 24.3 Å². The molecule has 1 atom stereocenters. The van der Waals surface area contributed by atoms with Gasteiger partial charge in [0.25, 0.3) is 5.91 Å². The maximum atomic E-state index is 13.6. The van der Waals surface area contributed by atoms with Crippen molar-refractivity contribution in [1.82, 2.24) is 25.9 Å². The van der Waals surface area contributed by atoms with Crippen LogP contribution in [0.4, 0.5) is 10.5 Å². The third-order valence-corrected chi connectivity index (χ3v) is 8.84. The zero-order valence-electron chi connectivity index (χ0n) is 26.7. The molecule has 1 saturated carbocycles. The van der Waals surface area contributed by atoms with E-state index in [0.717, 1.165) is 16.7 Å². The Labute approximate surface area is 282 Å². The molecule has 1 fully saturated rings. The first-order valence-corrected chi connectivity index (χ1v) is 16.3. The first kappa shape index (κ1) is 34.2. The number of carbonyl (C=O) groups excluding carboxylic acids is 3. The number of nitrogens with one attached hydrogen (secondary N) is 6. The largest absolute Gasteiger partial charge is 0.465 e. The number of rotatable bonds is 11. The minimum absolute atomic E-state index is 0.00409. The minimum Gasteiger partial charge on any atom is -0.465 e. The smallest absolute Gasteiger partial charge is 0.404 e. The van der Waals surface area contributed by atoms with Gasteiger partial charge in [-0.3, -0.25) is 14.4 Å². The second-order valence-corrected chi connectivity index (χ2v) is 12.9. The van der Waals surface area contributed by atoms with Crippen molar-refractivity contribution in [1.29, 1.82) is 0 Å². The molecule has 7 N–H and O–H groups in total. The molecule has 3 aromatic carbocycles. The lowest BCUT2D eigenvalue weighted by molar-refractivity contribution is -0.130. The summed E-state index contributed by atoms with van der Waals surface area (Å²) in [6.45, 7) is 4.12. The number of hydrogen-bond acceptors (Lipinski definition) is 5. The van der Waals surface area contributed by atoms with Crippen molar-refractivity contribution in [2.24, 2.45) is 11.8 Å². The van der Waals surface area contributed by atoms with E-state index in [1.807, 2.05) is 38.1 Å². The van der Waals surface area contributed by atoms with E-state index in [0.29, 0.717) is 59.5 Å². The van der Waals surface area contributed by atoms with Crippen molar-refractivity contribution in [3.05, 3.63) is 87.3 Å². The first-order chi connectivity index (χ1) is 22.9. The van der Waals surface area contributed by atoms with E-state index in [2.05, 4.69) is 31.2 Å². The van der Waals surface area contributed by atoms with Gasteiger partial charge in [-0.2, -0.15) is 0 Å². The summed E-state index contributed by atoms with van der Waals surface area (Å²) in [5, 5.41) is 20.4. The van der Waals surface area contributed by atoms with Gasteiger partial charge in [-0.15, -0.1) is 0 Å². The molecule has 0 bridgehead atoms. The molecule has 1 aromatic heterocycles. The Hall–Kier alpha value is -5.10. The molecule has 1 aliphatic carbocycles. The van der Waals surface area contributed by atoms with Crippen LogP contribution >= 0.6 is 11.6 Å². The molecule has 12 nitrogen and oxygen atoms in total. The zero-order valence-corrected chi connectivity index (χ0v) is 27.4. The van der Waals surface area contributed by atoms with Crippen molar-refractivity contribution in [3.8, 4) is 11.1 Å². The number of carbonyl (C=O) groups is 4. The molecule has 4 aromatic rings. The van der Waals surface area contributed by atoms with Crippen LogP contribution in [0.5, 0.6) is 0 Å². The number of H-pyrrole nitrogens is 2. The second kappa shape index (κ2) is 15.2. The molecular weight excluding hydrogens is 636 g/mol. The van der Waals surface area contributed by atoms with Crippen LogP contribution in [0.3, 0.4) is 0 Å². The van der Waals surface area contributed by atoms with E-state index in [4.69, 9.17) is 16.7 Å². The Morgan fingerprint density at radius 2 is 1.60 bits per heavy atom. The van der Waals surface area contributed by atoms with E-state index < -0.39 is 18.0 Å². The van der Waals surface area contributed by atoms with E-state index in [-0.39, 0.29) is 41.8 Å². The van der Waals surface area contributed by atoms with E-state index in [1.54, 1.807) is 36.4 Å². The van der Waals surface area contributed by atoms with Gasteiger partial charge in [0.2, 0.25) is 11.8 Å². The summed E-state index contributed by atoms with van der Waals surface area (Å²) >= 11 is 6.56. The van der Waals surface area contributed by atoms with Gasteiger partial charge in [-0.1, -0.05) is 41.9 Å². The fraction of sp³-hybridized carbons (Fsp3) is 0.343. The Bertz CT molecular complexity index is 1860. The quantitative estimate of drug-likeness (QED) is 0.117. The van der Waals surface area contributed by atoms with Crippen molar-refractivity contribution in [2.45, 2.75) is 58.0 Å². The third kappa shape index (κ3) is 8.82. The van der Waals surface area contributed by atoms with Crippen molar-refractivity contribution in [2.75, 3.05) is 11.9 Å². The zero-order chi connectivity index (χ0) is 34.4.